The van der Waals surface area contributed by atoms with Crippen LogP contribution in [0.2, 0.25) is 10.0 Å². The molecule has 2 heterocycles. The molecule has 0 aliphatic rings. The number of aryl methyl sites for hydroxylation is 4. The van der Waals surface area contributed by atoms with Crippen molar-refractivity contribution >= 4 is 114 Å². The van der Waals surface area contributed by atoms with Gasteiger partial charge in [0.2, 0.25) is 10.7 Å². The van der Waals surface area contributed by atoms with E-state index >= 15 is 0 Å². The molecule has 13 nitrogen and oxygen atoms in total. The maximum Gasteiger partial charge on any atom is 0.335 e. The van der Waals surface area contributed by atoms with Crippen molar-refractivity contribution in [2.75, 3.05) is 17.2 Å². The van der Waals surface area contributed by atoms with Crippen LogP contribution in [0.3, 0.4) is 0 Å². The van der Waals surface area contributed by atoms with Crippen LogP contribution in [0.15, 0.2) is 112 Å². The van der Waals surface area contributed by atoms with E-state index < -0.39 is 11.9 Å². The summed E-state index contributed by atoms with van der Waals surface area (Å²) in [6.45, 7) is 8.21. The molecule has 8 rings (SSSR count). The number of carbonyl (C=O) groups excluding carboxylic acids is 2. The molecular weight excluding hydrogens is 1010 g/mol. The van der Waals surface area contributed by atoms with E-state index in [2.05, 4.69) is 99.6 Å². The molecule has 4 N–H and O–H groups in total. The third-order valence-corrected chi connectivity index (χ3v) is 13.8. The fourth-order valence-electron chi connectivity index (χ4n) is 7.20. The van der Waals surface area contributed by atoms with E-state index in [0.29, 0.717) is 26.2 Å². The van der Waals surface area contributed by atoms with Crippen LogP contribution in [0.1, 0.15) is 68.9 Å². The Morgan fingerprint density at radius 3 is 1.44 bits per heavy atom. The van der Waals surface area contributed by atoms with Gasteiger partial charge in [-0.1, -0.05) is 121 Å². The van der Waals surface area contributed by atoms with Crippen LogP contribution >= 0.6 is 62.7 Å². The quantitative estimate of drug-likeness (QED) is 0.0871. The van der Waals surface area contributed by atoms with Crippen LogP contribution < -0.4 is 5.73 Å². The molecule has 8 aromatic rings. The highest BCUT2D eigenvalue weighted by molar-refractivity contribution is 9.10. The fourth-order valence-corrected chi connectivity index (χ4v) is 9.87. The van der Waals surface area contributed by atoms with Crippen molar-refractivity contribution in [1.29, 1.82) is 0 Å². The van der Waals surface area contributed by atoms with Crippen molar-refractivity contribution in [3.05, 3.63) is 156 Å². The number of carbonyl (C=O) groups is 4. The number of rotatable bonds is 14. The van der Waals surface area contributed by atoms with Gasteiger partial charge in [-0.15, -0.1) is 20.4 Å². The van der Waals surface area contributed by atoms with Gasteiger partial charge >= 0.3 is 11.9 Å². The molecule has 0 spiro atoms. The topological polar surface area (TPSA) is 196 Å². The Bertz CT molecular complexity index is 3020. The highest BCUT2D eigenvalue weighted by atomic mass is 79.9. The number of hydrogen-bond acceptors (Lipinski definition) is 11. The highest BCUT2D eigenvalue weighted by Crippen LogP contribution is 2.34. The van der Waals surface area contributed by atoms with Crippen LogP contribution in [0.25, 0.3) is 32.9 Å². The average molecular weight is 1060 g/mol. The minimum Gasteiger partial charge on any atom is -0.478 e. The first-order valence-corrected chi connectivity index (χ1v) is 23.7. The Morgan fingerprint density at radius 2 is 1.00 bits per heavy atom. The highest BCUT2D eigenvalue weighted by Gasteiger charge is 2.20. The van der Waals surface area contributed by atoms with Crippen molar-refractivity contribution < 1.29 is 29.4 Å². The van der Waals surface area contributed by atoms with Gasteiger partial charge in [-0.05, 0) is 125 Å². The number of thioether (sulfide) groups is 2. The summed E-state index contributed by atoms with van der Waals surface area (Å²) in [6.07, 6.45) is 0.190. The molecule has 0 amide bonds. The fraction of sp³-hybridized carbons (Fsp3) is 0.200. The molecule has 18 heteroatoms. The Labute approximate surface area is 420 Å². The minimum atomic E-state index is -1.07. The molecule has 0 bridgehead atoms. The molecule has 68 heavy (non-hydrogen) atoms. The summed E-state index contributed by atoms with van der Waals surface area (Å²) in [7, 11) is 0. The van der Waals surface area contributed by atoms with Gasteiger partial charge in [-0.3, -0.25) is 18.7 Å². The van der Waals surface area contributed by atoms with Gasteiger partial charge in [0.25, 0.3) is 0 Å². The molecule has 0 aliphatic carbocycles. The molecule has 2 aromatic heterocycles. The zero-order valence-corrected chi connectivity index (χ0v) is 40.5. The van der Waals surface area contributed by atoms with Gasteiger partial charge in [0.1, 0.15) is 11.6 Å². The lowest BCUT2D eigenvalue weighted by molar-refractivity contribution is -0.116. The average Bonchev–Trinajstić information content (AvgIpc) is 3.84. The third-order valence-electron chi connectivity index (χ3n) is 10.6. The smallest absolute Gasteiger partial charge is 0.335 e. The lowest BCUT2D eigenvalue weighted by Gasteiger charge is -2.13. The Balaban J connectivity index is 0.000000247. The van der Waals surface area contributed by atoms with E-state index in [4.69, 9.17) is 39.1 Å². The van der Waals surface area contributed by atoms with E-state index in [9.17, 15) is 19.2 Å². The van der Waals surface area contributed by atoms with Gasteiger partial charge in [-0.25, -0.2) is 9.59 Å². The minimum absolute atomic E-state index is 0. The van der Waals surface area contributed by atoms with E-state index in [1.54, 1.807) is 16.7 Å². The normalized spacial score (nSPS) is 10.8. The predicted octanol–water partition coefficient (Wildman–Crippen LogP) is 12.2. The van der Waals surface area contributed by atoms with Gasteiger partial charge in [0.05, 0.1) is 34.0 Å². The predicted molar refractivity (Wildman–Crippen MR) is 278 cm³/mol. The largest absolute Gasteiger partial charge is 0.478 e. The Hall–Kier alpha value is -6.04. The number of Topliss-reactive ketones (excluding diaryl/α,β-unsaturated/α-hetero) is 2. The van der Waals surface area contributed by atoms with Crippen LogP contribution in [0, 0.1) is 27.7 Å². The number of nitrogens with zero attached hydrogens (tertiary/aromatic N) is 6. The summed E-state index contributed by atoms with van der Waals surface area (Å²) in [5.41, 5.74) is 13.9. The molecule has 0 radical (unpaired) electrons. The number of aromatic nitrogens is 6. The first-order chi connectivity index (χ1) is 31.5. The van der Waals surface area contributed by atoms with Crippen LogP contribution in [-0.4, -0.2) is 74.8 Å². The zero-order chi connectivity index (χ0) is 47.4. The molecule has 6 aromatic carbocycles. The molecule has 0 atom stereocenters. The molecule has 0 aliphatic heterocycles. The van der Waals surface area contributed by atoms with Crippen molar-refractivity contribution in [1.82, 2.24) is 29.5 Å². The van der Waals surface area contributed by atoms with Crippen LogP contribution in [-0.2, 0) is 22.4 Å². The standard InChI is InChI=1S/C24H19BrClN3O3S.C24H21ClN4O3S.2CH4/c1-13-3-7-18-14(2)4-8-21(19(18)9-13)29-23(25)27-28-24(29)33-12-17(30)10-15-5-6-16(22(31)32)11-20(15)26;1-13-3-7-18-14(2)4-8-21(19(18)9-13)29-23(26)27-28-24(29)33-12-17(30)10-15-5-6-16(22(31)32)11-20(15)25;;/h3-9,11H,10,12H2,1-2H3,(H,31,32);3-9,11H,10,12H2,1-2H3,(H2,26,27)(H,31,32);2*1H4. The first kappa shape index (κ1) is 52.9. The molecule has 0 fully saturated rings. The van der Waals surface area contributed by atoms with Crippen molar-refractivity contribution in [3.63, 3.8) is 0 Å². The number of fused-ring (bicyclic) bond motifs is 2. The third kappa shape index (κ3) is 12.0. The molecule has 0 saturated carbocycles. The van der Waals surface area contributed by atoms with E-state index in [0.717, 1.165) is 49.6 Å². The van der Waals surface area contributed by atoms with Crippen LogP contribution in [0.4, 0.5) is 5.95 Å². The van der Waals surface area contributed by atoms with Gasteiger partial charge < -0.3 is 15.9 Å². The molecule has 0 unspecified atom stereocenters. The lowest BCUT2D eigenvalue weighted by atomic mass is 10.0. The lowest BCUT2D eigenvalue weighted by Crippen LogP contribution is -2.09. The number of benzene rings is 6. The zero-order valence-electron chi connectivity index (χ0n) is 35.8. The van der Waals surface area contributed by atoms with Gasteiger partial charge in [-0.2, -0.15) is 0 Å². The second kappa shape index (κ2) is 22.8. The van der Waals surface area contributed by atoms with Crippen molar-refractivity contribution in [3.8, 4) is 11.4 Å². The Kier molecular flexibility index (Phi) is 17.8. The van der Waals surface area contributed by atoms with Crippen molar-refractivity contribution in [2.45, 2.75) is 65.7 Å². The number of halogens is 3. The summed E-state index contributed by atoms with van der Waals surface area (Å²) in [6, 6.07) is 29.4. The molecule has 352 valence electrons. The Morgan fingerprint density at radius 1 is 0.574 bits per heavy atom. The maximum absolute atomic E-state index is 12.6. The van der Waals surface area contributed by atoms with Crippen molar-refractivity contribution in [2.24, 2.45) is 0 Å². The van der Waals surface area contributed by atoms with E-state index in [1.807, 2.05) is 29.7 Å². The number of carboxylic acid groups (broad SMARTS) is 2. The SMILES string of the molecule is C.C.Cc1ccc2c(C)ccc(-n3c(Br)nnc3SCC(=O)Cc3ccc(C(=O)O)cc3Cl)c2c1.Cc1ccc2c(C)ccc(-n3c(N)nnc3SCC(=O)Cc3ccc(C(=O)O)cc3Cl)c2c1. The number of nitrogens with two attached hydrogens (primary N) is 1. The maximum atomic E-state index is 12.6. The second-order valence-electron chi connectivity index (χ2n) is 15.4. The summed E-state index contributed by atoms with van der Waals surface area (Å²) < 4.78 is 4.21. The first-order valence-electron chi connectivity index (χ1n) is 20.1. The molecular formula is C50H48BrCl2N7O6S2. The van der Waals surface area contributed by atoms with Gasteiger partial charge in [0.15, 0.2) is 10.3 Å². The number of ketones is 2. The monoisotopic (exact) mass is 1060 g/mol. The number of carboxylic acids is 2. The number of aromatic carboxylic acids is 2. The molecule has 0 saturated heterocycles. The second-order valence-corrected chi connectivity index (χ2v) is 18.8. The number of hydrogen-bond donors (Lipinski definition) is 3. The van der Waals surface area contributed by atoms with E-state index in [1.165, 1.54) is 53.4 Å². The summed E-state index contributed by atoms with van der Waals surface area (Å²) in [4.78, 5) is 47.4. The summed E-state index contributed by atoms with van der Waals surface area (Å²) >= 11 is 18.4. The van der Waals surface area contributed by atoms with Gasteiger partial charge in [0, 0.05) is 33.7 Å². The number of nitrogen functional groups attached to an aromatic ring is 1. The summed E-state index contributed by atoms with van der Waals surface area (Å²) in [5.74, 6) is -1.72. The van der Waals surface area contributed by atoms with Crippen LogP contribution in [0.5, 0.6) is 0 Å². The van der Waals surface area contributed by atoms with E-state index in [-0.39, 0.29) is 77.9 Å². The summed E-state index contributed by atoms with van der Waals surface area (Å²) in [5, 5.41) is 40.7. The number of anilines is 1.